The van der Waals surface area contributed by atoms with Crippen LogP contribution in [0.1, 0.15) is 104 Å². The number of likely N-dealkylation sites (tertiary alicyclic amines) is 1. The third kappa shape index (κ3) is 10.5. The first kappa shape index (κ1) is 25.2. The molecule has 2 N–H and O–H groups in total. The zero-order valence-electron chi connectivity index (χ0n) is 18.3. The lowest BCUT2D eigenvalue weighted by molar-refractivity contribution is 0.0696. The molecule has 0 amide bonds. The van der Waals surface area contributed by atoms with Gasteiger partial charge in [0.15, 0.2) is 0 Å². The van der Waals surface area contributed by atoms with Crippen molar-refractivity contribution >= 4 is 11.9 Å². The maximum absolute atomic E-state index is 10.6. The van der Waals surface area contributed by atoms with Crippen molar-refractivity contribution in [2.24, 2.45) is 0 Å². The van der Waals surface area contributed by atoms with Crippen LogP contribution in [0.5, 0.6) is 0 Å². The molecule has 1 aromatic rings. The van der Waals surface area contributed by atoms with Crippen molar-refractivity contribution in [2.75, 3.05) is 19.6 Å². The van der Waals surface area contributed by atoms with Gasteiger partial charge in [-0.05, 0) is 63.5 Å². The summed E-state index contributed by atoms with van der Waals surface area (Å²) in [6.45, 7) is 7.88. The molecule has 29 heavy (non-hydrogen) atoms. The van der Waals surface area contributed by atoms with Crippen LogP contribution in [-0.4, -0.2) is 46.7 Å². The van der Waals surface area contributed by atoms with Gasteiger partial charge in [-0.1, -0.05) is 64.4 Å². The molecular weight excluding hydrogens is 366 g/mol. The average Bonchev–Trinajstić information content (AvgIpc) is 2.71. The lowest BCUT2D eigenvalue weighted by Crippen LogP contribution is -2.30. The van der Waals surface area contributed by atoms with Gasteiger partial charge in [0, 0.05) is 0 Å². The Morgan fingerprint density at radius 3 is 1.79 bits per heavy atom. The van der Waals surface area contributed by atoms with Gasteiger partial charge in [0.1, 0.15) is 0 Å². The number of carbonyl (C=O) groups is 2. The molecule has 0 aliphatic carbocycles. The molecule has 1 aromatic carbocycles. The van der Waals surface area contributed by atoms with Crippen LogP contribution in [0.3, 0.4) is 0 Å². The number of benzene rings is 1. The first-order valence-corrected chi connectivity index (χ1v) is 11.3. The quantitative estimate of drug-likeness (QED) is 0.441. The number of unbranched alkanes of at least 4 members (excludes halogenated alkanes) is 7. The second-order valence-electron chi connectivity index (χ2n) is 7.97. The number of rotatable bonds is 11. The predicted octanol–water partition coefficient (Wildman–Crippen LogP) is 6.00. The lowest BCUT2D eigenvalue weighted by Gasteiger charge is -2.26. The molecule has 5 nitrogen and oxygen atoms in total. The molecule has 1 heterocycles. The maximum Gasteiger partial charge on any atom is 0.335 e. The van der Waals surface area contributed by atoms with Gasteiger partial charge in [0.25, 0.3) is 0 Å². The summed E-state index contributed by atoms with van der Waals surface area (Å²) < 4.78 is 0. The van der Waals surface area contributed by atoms with Gasteiger partial charge in [-0.2, -0.15) is 0 Å². The fourth-order valence-electron chi connectivity index (χ4n) is 3.75. The van der Waals surface area contributed by atoms with Gasteiger partial charge in [-0.25, -0.2) is 9.59 Å². The molecule has 0 radical (unpaired) electrons. The molecule has 1 aliphatic heterocycles. The lowest BCUT2D eigenvalue weighted by atomic mass is 10.0. The van der Waals surface area contributed by atoms with E-state index in [4.69, 9.17) is 10.2 Å². The van der Waals surface area contributed by atoms with E-state index >= 15 is 0 Å². The smallest absolute Gasteiger partial charge is 0.335 e. The highest BCUT2D eigenvalue weighted by Crippen LogP contribution is 2.14. The molecule has 1 saturated heterocycles. The number of nitrogens with zero attached hydrogens (tertiary/aromatic N) is 1. The fraction of sp³-hybridized carbons (Fsp3) is 0.667. The summed E-state index contributed by atoms with van der Waals surface area (Å²) >= 11 is 0. The van der Waals surface area contributed by atoms with Crippen LogP contribution in [0, 0.1) is 6.92 Å². The van der Waals surface area contributed by atoms with Gasteiger partial charge < -0.3 is 15.1 Å². The van der Waals surface area contributed by atoms with E-state index in [9.17, 15) is 9.59 Å². The van der Waals surface area contributed by atoms with Crippen LogP contribution in [-0.2, 0) is 0 Å². The van der Waals surface area contributed by atoms with Crippen molar-refractivity contribution < 1.29 is 19.8 Å². The van der Waals surface area contributed by atoms with Crippen molar-refractivity contribution in [3.8, 4) is 0 Å². The molecule has 0 saturated carbocycles. The van der Waals surface area contributed by atoms with E-state index in [1.807, 2.05) is 0 Å². The normalized spacial score (nSPS) is 14.1. The fourth-order valence-corrected chi connectivity index (χ4v) is 3.75. The molecule has 2 rings (SSSR count). The molecule has 0 aromatic heterocycles. The molecule has 5 heteroatoms. The summed E-state index contributed by atoms with van der Waals surface area (Å²) in [6, 6.07) is 4.17. The van der Waals surface area contributed by atoms with Crippen LogP contribution in [0.25, 0.3) is 0 Å². The van der Waals surface area contributed by atoms with E-state index in [0.29, 0.717) is 0 Å². The van der Waals surface area contributed by atoms with Gasteiger partial charge in [-0.15, -0.1) is 0 Å². The molecule has 0 unspecified atom stereocenters. The van der Waals surface area contributed by atoms with Crippen LogP contribution >= 0.6 is 0 Å². The van der Waals surface area contributed by atoms with Gasteiger partial charge in [0.05, 0.1) is 11.1 Å². The third-order valence-corrected chi connectivity index (χ3v) is 5.57. The van der Waals surface area contributed by atoms with Crippen LogP contribution in [0.15, 0.2) is 18.2 Å². The SMILES string of the molecule is CCCCCCCCCCN1CCCCC1.Cc1c(C(=O)O)cccc1C(=O)O. The van der Waals surface area contributed by atoms with Crippen LogP contribution < -0.4 is 0 Å². The Bertz CT molecular complexity index is 577. The number of hydrogen-bond acceptors (Lipinski definition) is 3. The minimum absolute atomic E-state index is 0.0277. The van der Waals surface area contributed by atoms with Gasteiger partial charge in [-0.3, -0.25) is 0 Å². The van der Waals surface area contributed by atoms with Crippen LogP contribution in [0.2, 0.25) is 0 Å². The summed E-state index contributed by atoms with van der Waals surface area (Å²) in [5, 5.41) is 17.4. The Labute approximate surface area is 176 Å². The maximum atomic E-state index is 10.6. The highest BCUT2D eigenvalue weighted by atomic mass is 16.4. The number of carboxylic acids is 2. The minimum Gasteiger partial charge on any atom is -0.478 e. The summed E-state index contributed by atoms with van der Waals surface area (Å²) in [7, 11) is 0. The summed E-state index contributed by atoms with van der Waals surface area (Å²) in [5.41, 5.74) is 0.335. The molecule has 1 fully saturated rings. The first-order chi connectivity index (χ1) is 14.0. The van der Waals surface area contributed by atoms with E-state index < -0.39 is 11.9 Å². The zero-order valence-corrected chi connectivity index (χ0v) is 18.3. The standard InChI is InChI=1S/C15H31N.C9H8O4/c1-2-3-4-5-6-7-8-10-13-16-14-11-9-12-15-16;1-5-6(8(10)11)3-2-4-7(5)9(12)13/h2-15H2,1H3;2-4H,1H3,(H,10,11)(H,12,13). The Morgan fingerprint density at radius 2 is 1.31 bits per heavy atom. The third-order valence-electron chi connectivity index (χ3n) is 5.57. The second kappa shape index (κ2) is 15.0. The summed E-state index contributed by atoms with van der Waals surface area (Å²) in [6.07, 6.45) is 15.9. The highest BCUT2D eigenvalue weighted by Gasteiger charge is 2.13. The van der Waals surface area contributed by atoms with Crippen molar-refractivity contribution in [3.63, 3.8) is 0 Å². The van der Waals surface area contributed by atoms with E-state index in [-0.39, 0.29) is 16.7 Å². The van der Waals surface area contributed by atoms with Crippen molar-refractivity contribution in [1.82, 2.24) is 4.90 Å². The number of aromatic carboxylic acids is 2. The van der Waals surface area contributed by atoms with Gasteiger partial charge in [0.2, 0.25) is 0 Å². The number of piperidine rings is 1. The first-order valence-electron chi connectivity index (χ1n) is 11.3. The van der Waals surface area contributed by atoms with E-state index in [1.165, 1.54) is 115 Å². The van der Waals surface area contributed by atoms with Crippen molar-refractivity contribution in [1.29, 1.82) is 0 Å². The predicted molar refractivity (Wildman–Crippen MR) is 118 cm³/mol. The number of hydrogen-bond donors (Lipinski definition) is 2. The Hall–Kier alpha value is -1.88. The van der Waals surface area contributed by atoms with Crippen molar-refractivity contribution in [3.05, 3.63) is 34.9 Å². The van der Waals surface area contributed by atoms with Crippen LogP contribution in [0.4, 0.5) is 0 Å². The largest absolute Gasteiger partial charge is 0.478 e. The van der Waals surface area contributed by atoms with Gasteiger partial charge >= 0.3 is 11.9 Å². The molecule has 0 bridgehead atoms. The minimum atomic E-state index is -1.11. The Kier molecular flexibility index (Phi) is 13.0. The molecular formula is C24H39NO4. The van der Waals surface area contributed by atoms with E-state index in [0.717, 1.165) is 0 Å². The summed E-state index contributed by atoms with van der Waals surface area (Å²) in [5.74, 6) is -2.22. The Morgan fingerprint density at radius 1 is 0.828 bits per heavy atom. The molecule has 1 aliphatic rings. The monoisotopic (exact) mass is 405 g/mol. The van der Waals surface area contributed by atoms with E-state index in [1.54, 1.807) is 0 Å². The topological polar surface area (TPSA) is 77.8 Å². The second-order valence-corrected chi connectivity index (χ2v) is 7.97. The highest BCUT2D eigenvalue weighted by molar-refractivity contribution is 5.96. The molecule has 0 spiro atoms. The molecule has 164 valence electrons. The van der Waals surface area contributed by atoms with E-state index in [2.05, 4.69) is 11.8 Å². The number of carboxylic acid groups (broad SMARTS) is 2. The summed E-state index contributed by atoms with van der Waals surface area (Å²) in [4.78, 5) is 23.9. The molecule has 0 atom stereocenters. The Balaban J connectivity index is 0.000000296. The average molecular weight is 406 g/mol. The van der Waals surface area contributed by atoms with Crippen molar-refractivity contribution in [2.45, 2.75) is 84.5 Å². The zero-order chi connectivity index (χ0) is 21.5.